The van der Waals surface area contributed by atoms with Crippen LogP contribution in [0.2, 0.25) is 0 Å². The Kier molecular flexibility index (Phi) is 9.47. The molecule has 2 rings (SSSR count). The van der Waals surface area contributed by atoms with Crippen molar-refractivity contribution in [1.82, 2.24) is 5.32 Å². The second-order valence-electron chi connectivity index (χ2n) is 8.07. The minimum atomic E-state index is -3.33. The lowest BCUT2D eigenvalue weighted by Crippen LogP contribution is -2.44. The van der Waals surface area contributed by atoms with Crippen LogP contribution in [0.15, 0.2) is 59.5 Å². The number of hydrogen-bond donors (Lipinski definition) is 2. The highest BCUT2D eigenvalue weighted by atomic mass is 33.1. The summed E-state index contributed by atoms with van der Waals surface area (Å²) in [4.78, 5) is 24.1. The maximum Gasteiger partial charge on any atom is 0.408 e. The Labute approximate surface area is 196 Å². The summed E-state index contributed by atoms with van der Waals surface area (Å²) in [5, 5.41) is 11.7. The number of amides is 1. The van der Waals surface area contributed by atoms with Gasteiger partial charge in [0, 0.05) is 10.6 Å². The van der Waals surface area contributed by atoms with Gasteiger partial charge in [-0.15, -0.1) is 0 Å². The third-order valence-corrected chi connectivity index (χ3v) is 7.81. The van der Waals surface area contributed by atoms with E-state index in [2.05, 4.69) is 5.32 Å². The molecule has 0 aromatic heterocycles. The highest BCUT2D eigenvalue weighted by Crippen LogP contribution is 2.32. The number of sulfone groups is 1. The number of hydrogen-bond acceptors (Lipinski definition) is 7. The first kappa shape index (κ1) is 26.1. The van der Waals surface area contributed by atoms with Crippen molar-refractivity contribution in [3.8, 4) is 0 Å². The Morgan fingerprint density at radius 2 is 1.66 bits per heavy atom. The molecule has 0 radical (unpaired) electrons. The standard InChI is InChI=1S/C22H27NO6S3/c1-22(2,3)29-21(26)23-19(20(24)25)13-30-31-18-11-7-10-17(12-18)15-32(27,28)14-16-8-5-4-6-9-16/h4-12,19H,13-15H2,1-3H3,(H,23,26)(H,24,25)/t19-/m0/s1. The van der Waals surface area contributed by atoms with Crippen molar-refractivity contribution in [1.29, 1.82) is 0 Å². The molecule has 0 unspecified atom stereocenters. The molecule has 0 saturated heterocycles. The molecule has 174 valence electrons. The number of carbonyl (C=O) groups is 2. The van der Waals surface area contributed by atoms with Crippen LogP contribution in [-0.4, -0.2) is 43.0 Å². The number of alkyl carbamates (subject to hydrolysis) is 1. The Morgan fingerprint density at radius 1 is 1.03 bits per heavy atom. The van der Waals surface area contributed by atoms with Gasteiger partial charge >= 0.3 is 12.1 Å². The van der Waals surface area contributed by atoms with Crippen LogP contribution in [0.5, 0.6) is 0 Å². The van der Waals surface area contributed by atoms with E-state index in [-0.39, 0.29) is 17.3 Å². The van der Waals surface area contributed by atoms with Crippen molar-refractivity contribution >= 4 is 43.5 Å². The van der Waals surface area contributed by atoms with Crippen molar-refractivity contribution < 1.29 is 27.9 Å². The van der Waals surface area contributed by atoms with E-state index in [0.29, 0.717) is 5.56 Å². The number of ether oxygens (including phenoxy) is 1. The van der Waals surface area contributed by atoms with E-state index in [1.807, 2.05) is 12.1 Å². The van der Waals surface area contributed by atoms with Gasteiger partial charge in [-0.25, -0.2) is 18.0 Å². The second kappa shape index (κ2) is 11.6. The minimum absolute atomic E-state index is 0.0312. The van der Waals surface area contributed by atoms with Crippen molar-refractivity contribution in [2.45, 2.75) is 48.8 Å². The largest absolute Gasteiger partial charge is 0.480 e. The van der Waals surface area contributed by atoms with Crippen LogP contribution >= 0.6 is 21.6 Å². The first-order chi connectivity index (χ1) is 14.9. The van der Waals surface area contributed by atoms with Crippen molar-refractivity contribution in [2.75, 3.05) is 5.75 Å². The van der Waals surface area contributed by atoms with Gasteiger partial charge in [0.2, 0.25) is 0 Å². The molecular formula is C22H27NO6S3. The smallest absolute Gasteiger partial charge is 0.408 e. The van der Waals surface area contributed by atoms with Crippen molar-refractivity contribution in [3.05, 3.63) is 65.7 Å². The van der Waals surface area contributed by atoms with Gasteiger partial charge in [0.05, 0.1) is 11.5 Å². The Bertz CT molecular complexity index is 1020. The number of carboxylic acid groups (broad SMARTS) is 1. The van der Waals surface area contributed by atoms with Crippen LogP contribution in [0.25, 0.3) is 0 Å². The van der Waals surface area contributed by atoms with Gasteiger partial charge < -0.3 is 15.2 Å². The molecule has 7 nitrogen and oxygen atoms in total. The van der Waals surface area contributed by atoms with E-state index in [1.54, 1.807) is 63.2 Å². The fourth-order valence-corrected chi connectivity index (χ4v) is 6.34. The molecule has 1 atom stereocenters. The topological polar surface area (TPSA) is 110 Å². The number of benzene rings is 2. The van der Waals surface area contributed by atoms with E-state index >= 15 is 0 Å². The Morgan fingerprint density at radius 3 is 2.28 bits per heavy atom. The Hall–Kier alpha value is -2.17. The molecule has 0 aliphatic carbocycles. The molecule has 0 aliphatic rings. The fourth-order valence-electron chi connectivity index (χ4n) is 2.61. The molecule has 0 bridgehead atoms. The van der Waals surface area contributed by atoms with E-state index in [4.69, 9.17) is 4.74 Å². The maximum atomic E-state index is 12.5. The second-order valence-corrected chi connectivity index (χ2v) is 12.5. The molecule has 2 N–H and O–H groups in total. The zero-order valence-corrected chi connectivity index (χ0v) is 20.6. The number of carboxylic acids is 1. The summed E-state index contributed by atoms with van der Waals surface area (Å²) in [5.74, 6) is -1.17. The van der Waals surface area contributed by atoms with Gasteiger partial charge in [0.15, 0.2) is 9.84 Å². The summed E-state index contributed by atoms with van der Waals surface area (Å²) >= 11 is 0. The molecule has 0 spiro atoms. The van der Waals surface area contributed by atoms with Crippen molar-refractivity contribution in [3.63, 3.8) is 0 Å². The summed E-state index contributed by atoms with van der Waals surface area (Å²) in [7, 11) is -0.768. The number of carbonyl (C=O) groups excluding carboxylic acids is 1. The van der Waals surface area contributed by atoms with E-state index < -0.39 is 33.5 Å². The van der Waals surface area contributed by atoms with Crippen LogP contribution < -0.4 is 5.32 Å². The Balaban J connectivity index is 1.91. The summed E-state index contributed by atoms with van der Waals surface area (Å²) in [6.07, 6.45) is -0.791. The summed E-state index contributed by atoms with van der Waals surface area (Å²) in [5.41, 5.74) is 0.676. The number of aliphatic carboxylic acids is 1. The summed E-state index contributed by atoms with van der Waals surface area (Å²) in [6, 6.07) is 15.0. The predicted octanol–water partition coefficient (Wildman–Crippen LogP) is 4.52. The van der Waals surface area contributed by atoms with E-state index in [9.17, 15) is 23.1 Å². The maximum absolute atomic E-state index is 12.5. The molecule has 32 heavy (non-hydrogen) atoms. The van der Waals surface area contributed by atoms with Gasteiger partial charge in [-0.3, -0.25) is 0 Å². The van der Waals surface area contributed by atoms with Gasteiger partial charge in [-0.2, -0.15) is 0 Å². The van der Waals surface area contributed by atoms with Gasteiger partial charge in [0.25, 0.3) is 0 Å². The highest BCUT2D eigenvalue weighted by molar-refractivity contribution is 8.76. The van der Waals surface area contributed by atoms with Crippen LogP contribution in [0.3, 0.4) is 0 Å². The summed E-state index contributed by atoms with van der Waals surface area (Å²) in [6.45, 7) is 5.08. The van der Waals surface area contributed by atoms with Gasteiger partial charge in [0.1, 0.15) is 11.6 Å². The lowest BCUT2D eigenvalue weighted by Gasteiger charge is -2.21. The van der Waals surface area contributed by atoms with Crippen LogP contribution in [0, 0.1) is 0 Å². The fraction of sp³-hybridized carbons (Fsp3) is 0.364. The number of nitrogens with one attached hydrogen (secondary N) is 1. The third kappa shape index (κ3) is 9.97. The zero-order valence-electron chi connectivity index (χ0n) is 18.1. The number of rotatable bonds is 10. The molecule has 0 fully saturated rings. The quantitative estimate of drug-likeness (QED) is 0.461. The molecule has 0 aliphatic heterocycles. The van der Waals surface area contributed by atoms with E-state index in [1.165, 1.54) is 21.6 Å². The van der Waals surface area contributed by atoms with Gasteiger partial charge in [-0.05, 0) is 44.0 Å². The third-order valence-electron chi connectivity index (χ3n) is 3.89. The SMILES string of the molecule is CC(C)(C)OC(=O)N[C@@H](CSSc1cccc(CS(=O)(=O)Cc2ccccc2)c1)C(=O)O. The first-order valence-corrected chi connectivity index (χ1v) is 13.9. The van der Waals surface area contributed by atoms with Crippen LogP contribution in [0.4, 0.5) is 4.79 Å². The molecule has 0 saturated carbocycles. The molecule has 1 amide bonds. The molecule has 0 heterocycles. The van der Waals surface area contributed by atoms with Crippen LogP contribution in [0.1, 0.15) is 31.9 Å². The van der Waals surface area contributed by atoms with Crippen LogP contribution in [-0.2, 0) is 30.9 Å². The molecular weight excluding hydrogens is 470 g/mol. The zero-order chi connectivity index (χ0) is 23.8. The average molecular weight is 498 g/mol. The molecule has 2 aromatic rings. The lowest BCUT2D eigenvalue weighted by molar-refractivity contribution is -0.138. The predicted molar refractivity (Wildman–Crippen MR) is 128 cm³/mol. The highest BCUT2D eigenvalue weighted by Gasteiger charge is 2.24. The molecule has 2 aromatic carbocycles. The van der Waals surface area contributed by atoms with E-state index in [0.717, 1.165) is 10.5 Å². The van der Waals surface area contributed by atoms with Gasteiger partial charge in [-0.1, -0.05) is 64.1 Å². The van der Waals surface area contributed by atoms with Crippen molar-refractivity contribution in [2.24, 2.45) is 0 Å². The first-order valence-electron chi connectivity index (χ1n) is 9.79. The monoisotopic (exact) mass is 497 g/mol. The average Bonchev–Trinajstić information content (AvgIpc) is 2.66. The molecule has 10 heteroatoms. The summed E-state index contributed by atoms with van der Waals surface area (Å²) < 4.78 is 30.2. The lowest BCUT2D eigenvalue weighted by atomic mass is 10.2. The normalized spacial score (nSPS) is 12.7. The minimum Gasteiger partial charge on any atom is -0.480 e.